The highest BCUT2D eigenvalue weighted by molar-refractivity contribution is 5.94. The topological polar surface area (TPSA) is 97.7 Å². The molecule has 0 atom stereocenters. The zero-order valence-electron chi connectivity index (χ0n) is 15.0. The number of nitriles is 1. The summed E-state index contributed by atoms with van der Waals surface area (Å²) in [5.41, 5.74) is 2.17. The molecule has 7 nitrogen and oxygen atoms in total. The largest absolute Gasteiger partial charge is 0.486 e. The number of hydrogen-bond acceptors (Lipinski definition) is 6. The van der Waals surface area contributed by atoms with Crippen molar-refractivity contribution in [3.63, 3.8) is 0 Å². The third kappa shape index (κ3) is 5.35. The summed E-state index contributed by atoms with van der Waals surface area (Å²) >= 11 is 0. The smallest absolute Gasteiger partial charge is 0.331 e. The van der Waals surface area contributed by atoms with Crippen LogP contribution in [0.1, 0.15) is 11.1 Å². The van der Waals surface area contributed by atoms with E-state index < -0.39 is 18.5 Å². The maximum Gasteiger partial charge on any atom is 0.331 e. The van der Waals surface area contributed by atoms with Gasteiger partial charge in [0, 0.05) is 11.8 Å². The van der Waals surface area contributed by atoms with Crippen LogP contribution in [0.2, 0.25) is 0 Å². The van der Waals surface area contributed by atoms with Gasteiger partial charge in [-0.15, -0.1) is 0 Å². The van der Waals surface area contributed by atoms with Crippen LogP contribution < -0.4 is 14.8 Å². The Morgan fingerprint density at radius 2 is 1.86 bits per heavy atom. The number of carbonyl (C=O) groups is 2. The summed E-state index contributed by atoms with van der Waals surface area (Å²) in [6.45, 7) is 0.600. The summed E-state index contributed by atoms with van der Waals surface area (Å²) < 4.78 is 15.9. The number of fused-ring (bicyclic) bond motifs is 1. The molecule has 0 radical (unpaired) electrons. The van der Waals surface area contributed by atoms with Gasteiger partial charge in [0.2, 0.25) is 0 Å². The molecule has 0 fully saturated rings. The summed E-state index contributed by atoms with van der Waals surface area (Å²) in [6.07, 6.45) is 3.13. The number of carbonyl (C=O) groups excluding carboxylic acids is 2. The number of esters is 1. The third-order valence-electron chi connectivity index (χ3n) is 3.84. The highest BCUT2D eigenvalue weighted by Crippen LogP contribution is 2.31. The molecule has 1 heterocycles. The van der Waals surface area contributed by atoms with Gasteiger partial charge in [0.15, 0.2) is 18.1 Å². The molecule has 0 unspecified atom stereocenters. The van der Waals surface area contributed by atoms with Gasteiger partial charge in [0.25, 0.3) is 5.91 Å². The summed E-state index contributed by atoms with van der Waals surface area (Å²) in [7, 11) is 0. The summed E-state index contributed by atoms with van der Waals surface area (Å²) in [5.74, 6) is 0.216. The van der Waals surface area contributed by atoms with Gasteiger partial charge in [-0.1, -0.05) is 18.2 Å². The van der Waals surface area contributed by atoms with Crippen LogP contribution >= 0.6 is 0 Å². The van der Waals surface area contributed by atoms with E-state index in [1.807, 2.05) is 0 Å². The molecule has 2 aromatic carbocycles. The Morgan fingerprint density at radius 1 is 1.11 bits per heavy atom. The molecule has 1 N–H and O–H groups in total. The fourth-order valence-electron chi connectivity index (χ4n) is 2.51. The van der Waals surface area contributed by atoms with Crippen LogP contribution in [-0.2, 0) is 20.7 Å². The van der Waals surface area contributed by atoms with E-state index in [2.05, 4.69) is 11.4 Å². The zero-order valence-corrected chi connectivity index (χ0v) is 15.0. The number of nitrogens with one attached hydrogen (secondary N) is 1. The minimum absolute atomic E-state index is 0.307. The van der Waals surface area contributed by atoms with E-state index in [0.717, 1.165) is 11.1 Å². The van der Waals surface area contributed by atoms with Crippen molar-refractivity contribution in [3.05, 3.63) is 59.7 Å². The number of benzene rings is 2. The molecule has 0 saturated heterocycles. The Hall–Kier alpha value is -3.79. The van der Waals surface area contributed by atoms with Crippen LogP contribution in [0.25, 0.3) is 6.08 Å². The molecule has 3 rings (SSSR count). The van der Waals surface area contributed by atoms with E-state index in [9.17, 15) is 9.59 Å². The van der Waals surface area contributed by atoms with Crippen molar-refractivity contribution in [2.24, 2.45) is 0 Å². The first kappa shape index (κ1) is 19.0. The number of hydrogen-bond donors (Lipinski definition) is 1. The first-order valence-electron chi connectivity index (χ1n) is 8.64. The van der Waals surface area contributed by atoms with Gasteiger partial charge in [0.1, 0.15) is 13.2 Å². The lowest BCUT2D eigenvalue weighted by Crippen LogP contribution is -2.20. The molecule has 2 aromatic rings. The number of ether oxygens (including phenoxy) is 3. The van der Waals surface area contributed by atoms with E-state index in [-0.39, 0.29) is 0 Å². The van der Waals surface area contributed by atoms with Crippen molar-refractivity contribution >= 4 is 23.6 Å². The van der Waals surface area contributed by atoms with Crippen molar-refractivity contribution in [3.8, 4) is 17.6 Å². The lowest BCUT2D eigenvalue weighted by atomic mass is 10.1. The molecule has 28 heavy (non-hydrogen) atoms. The van der Waals surface area contributed by atoms with E-state index in [1.54, 1.807) is 48.5 Å². The second-order valence-corrected chi connectivity index (χ2v) is 5.92. The van der Waals surface area contributed by atoms with Crippen LogP contribution in [0.15, 0.2) is 48.5 Å². The number of anilines is 1. The first-order chi connectivity index (χ1) is 13.6. The Kier molecular flexibility index (Phi) is 6.26. The molecule has 0 saturated carbocycles. The number of amides is 1. The lowest BCUT2D eigenvalue weighted by Gasteiger charge is -2.18. The normalized spacial score (nSPS) is 12.2. The summed E-state index contributed by atoms with van der Waals surface area (Å²) in [6, 6.07) is 14.3. The van der Waals surface area contributed by atoms with Crippen molar-refractivity contribution in [2.45, 2.75) is 6.42 Å². The van der Waals surface area contributed by atoms with Crippen molar-refractivity contribution < 1.29 is 23.8 Å². The Bertz CT molecular complexity index is 929. The van der Waals surface area contributed by atoms with Gasteiger partial charge in [-0.05, 0) is 41.5 Å². The molecule has 0 bridgehead atoms. The maximum absolute atomic E-state index is 11.9. The minimum atomic E-state index is -0.630. The highest BCUT2D eigenvalue weighted by atomic mass is 16.6. The zero-order chi connectivity index (χ0) is 19.8. The van der Waals surface area contributed by atoms with E-state index in [4.69, 9.17) is 19.5 Å². The van der Waals surface area contributed by atoms with E-state index in [0.29, 0.717) is 36.8 Å². The average Bonchev–Trinajstić information content (AvgIpc) is 2.72. The van der Waals surface area contributed by atoms with Gasteiger partial charge in [-0.2, -0.15) is 5.26 Å². The van der Waals surface area contributed by atoms with Crippen LogP contribution in [0, 0.1) is 11.3 Å². The second-order valence-electron chi connectivity index (χ2n) is 5.92. The molecule has 1 amide bonds. The predicted molar refractivity (Wildman–Crippen MR) is 102 cm³/mol. The third-order valence-corrected chi connectivity index (χ3v) is 3.84. The fraction of sp³-hybridized carbons (Fsp3) is 0.190. The van der Waals surface area contributed by atoms with Crippen molar-refractivity contribution in [1.29, 1.82) is 5.26 Å². The SMILES string of the molecule is N#CCc1ccc(NC(=O)COC(=O)/C=C/c2ccc3c(c2)OCCO3)cc1. The van der Waals surface area contributed by atoms with E-state index >= 15 is 0 Å². The molecule has 0 aromatic heterocycles. The standard InChI is InChI=1S/C21H18N2O5/c22-10-9-15-1-5-17(6-2-15)23-20(24)14-28-21(25)8-4-16-3-7-18-19(13-16)27-12-11-26-18/h1-8,13H,9,11-12,14H2,(H,23,24)/b8-4+. The average molecular weight is 378 g/mol. The van der Waals surface area contributed by atoms with Crippen molar-refractivity contribution in [1.82, 2.24) is 0 Å². The second kappa shape index (κ2) is 9.24. The van der Waals surface area contributed by atoms with E-state index in [1.165, 1.54) is 6.08 Å². The maximum atomic E-state index is 11.9. The minimum Gasteiger partial charge on any atom is -0.486 e. The van der Waals surface area contributed by atoms with Gasteiger partial charge in [0.05, 0.1) is 12.5 Å². The van der Waals surface area contributed by atoms with Gasteiger partial charge < -0.3 is 19.5 Å². The molecule has 0 spiro atoms. The number of rotatable bonds is 6. The fourth-order valence-corrected chi connectivity index (χ4v) is 2.51. The van der Waals surface area contributed by atoms with Crippen LogP contribution in [0.4, 0.5) is 5.69 Å². The highest BCUT2D eigenvalue weighted by Gasteiger charge is 2.11. The first-order valence-corrected chi connectivity index (χ1v) is 8.64. The predicted octanol–water partition coefficient (Wildman–Crippen LogP) is 2.72. The molecule has 7 heteroatoms. The van der Waals surface area contributed by atoms with Crippen molar-refractivity contribution in [2.75, 3.05) is 25.1 Å². The molecular weight excluding hydrogens is 360 g/mol. The van der Waals surface area contributed by atoms with Crippen LogP contribution in [0.5, 0.6) is 11.5 Å². The quantitative estimate of drug-likeness (QED) is 0.613. The van der Waals surface area contributed by atoms with Crippen LogP contribution in [0.3, 0.4) is 0 Å². The Labute approximate surface area is 162 Å². The summed E-state index contributed by atoms with van der Waals surface area (Å²) in [5, 5.41) is 11.3. The molecule has 0 aliphatic carbocycles. The molecule has 142 valence electrons. The van der Waals surface area contributed by atoms with Gasteiger partial charge in [-0.3, -0.25) is 4.79 Å². The lowest BCUT2D eigenvalue weighted by molar-refractivity contribution is -0.142. The Balaban J connectivity index is 1.46. The van der Waals surface area contributed by atoms with Gasteiger partial charge >= 0.3 is 5.97 Å². The monoisotopic (exact) mass is 378 g/mol. The molecule has 1 aliphatic rings. The Morgan fingerprint density at radius 3 is 2.61 bits per heavy atom. The van der Waals surface area contributed by atoms with Gasteiger partial charge in [-0.25, -0.2) is 4.79 Å². The summed E-state index contributed by atoms with van der Waals surface area (Å²) in [4.78, 5) is 23.7. The van der Waals surface area contributed by atoms with Crippen LogP contribution in [-0.4, -0.2) is 31.7 Å². The number of nitrogens with zero attached hydrogens (tertiary/aromatic N) is 1. The molecule has 1 aliphatic heterocycles. The molecular formula is C21H18N2O5.